The molecule has 0 heterocycles. The highest BCUT2D eigenvalue weighted by molar-refractivity contribution is 5.97. The molecule has 0 aromatic heterocycles. The van der Waals surface area contributed by atoms with Crippen LogP contribution in [0.4, 0.5) is 0 Å². The lowest BCUT2D eigenvalue weighted by atomic mass is 10.1. The first-order valence-electron chi connectivity index (χ1n) is 6.07. The van der Waals surface area contributed by atoms with Gasteiger partial charge in [-0.1, -0.05) is 42.5 Å². The normalized spacial score (nSPS) is 9.84. The van der Waals surface area contributed by atoms with Gasteiger partial charge in [0.25, 0.3) is 0 Å². The second-order valence-electron chi connectivity index (χ2n) is 4.20. The second-order valence-corrected chi connectivity index (χ2v) is 4.20. The molecule has 3 heteroatoms. The maximum Gasteiger partial charge on any atom is 0.176 e. The summed E-state index contributed by atoms with van der Waals surface area (Å²) >= 11 is 0. The Morgan fingerprint density at radius 2 is 1.89 bits per heavy atom. The molecule has 0 unspecified atom stereocenters. The highest BCUT2D eigenvalue weighted by Gasteiger charge is 2.05. The van der Waals surface area contributed by atoms with Crippen LogP contribution < -0.4 is 5.32 Å². The number of Topliss-reactive ketones (excluding diaryl/α,β-unsaturated/α-hetero) is 1. The average molecular weight is 250 g/mol. The Morgan fingerprint density at radius 1 is 1.11 bits per heavy atom. The Balaban J connectivity index is 1.89. The molecule has 0 amide bonds. The predicted octanol–water partition coefficient (Wildman–Crippen LogP) is 2.53. The molecular formula is C16H14N2O. The van der Waals surface area contributed by atoms with Gasteiger partial charge in [0, 0.05) is 12.1 Å². The fraction of sp³-hybridized carbons (Fsp3) is 0.125. The zero-order valence-corrected chi connectivity index (χ0v) is 10.5. The second kappa shape index (κ2) is 6.48. The van der Waals surface area contributed by atoms with Crippen LogP contribution in [0.1, 0.15) is 21.5 Å². The number of carbonyl (C=O) groups excluding carboxylic acids is 1. The van der Waals surface area contributed by atoms with Crippen LogP contribution in [-0.2, 0) is 6.54 Å². The molecule has 0 saturated heterocycles. The van der Waals surface area contributed by atoms with Crippen molar-refractivity contribution in [3.63, 3.8) is 0 Å². The summed E-state index contributed by atoms with van der Waals surface area (Å²) in [5, 5.41) is 11.9. The van der Waals surface area contributed by atoms with Gasteiger partial charge < -0.3 is 5.32 Å². The Hall–Kier alpha value is -2.44. The molecule has 19 heavy (non-hydrogen) atoms. The van der Waals surface area contributed by atoms with E-state index in [-0.39, 0.29) is 12.3 Å². The van der Waals surface area contributed by atoms with Crippen LogP contribution in [0.5, 0.6) is 0 Å². The summed E-state index contributed by atoms with van der Waals surface area (Å²) in [4.78, 5) is 11.9. The highest BCUT2D eigenvalue weighted by atomic mass is 16.1. The van der Waals surface area contributed by atoms with Crippen LogP contribution in [0, 0.1) is 11.3 Å². The molecule has 0 spiro atoms. The zero-order chi connectivity index (χ0) is 13.5. The van der Waals surface area contributed by atoms with Gasteiger partial charge in [0.15, 0.2) is 5.78 Å². The molecular weight excluding hydrogens is 236 g/mol. The first-order chi connectivity index (χ1) is 9.29. The van der Waals surface area contributed by atoms with Gasteiger partial charge in [-0.2, -0.15) is 5.26 Å². The van der Waals surface area contributed by atoms with Crippen LogP contribution in [0.15, 0.2) is 54.6 Å². The molecule has 1 N–H and O–H groups in total. The number of benzene rings is 2. The van der Waals surface area contributed by atoms with Crippen LogP contribution in [0.25, 0.3) is 0 Å². The van der Waals surface area contributed by atoms with Crippen molar-refractivity contribution in [2.75, 3.05) is 6.54 Å². The topological polar surface area (TPSA) is 52.9 Å². The largest absolute Gasteiger partial charge is 0.306 e. The van der Waals surface area contributed by atoms with Crippen molar-refractivity contribution in [1.29, 1.82) is 5.26 Å². The van der Waals surface area contributed by atoms with Crippen LogP contribution in [0.2, 0.25) is 0 Å². The van der Waals surface area contributed by atoms with Crippen LogP contribution in [0.3, 0.4) is 0 Å². The Bertz CT molecular complexity index is 600. The van der Waals surface area contributed by atoms with Crippen molar-refractivity contribution in [2.45, 2.75) is 6.54 Å². The van der Waals surface area contributed by atoms with E-state index in [9.17, 15) is 4.79 Å². The fourth-order valence-electron chi connectivity index (χ4n) is 1.78. The van der Waals surface area contributed by atoms with E-state index < -0.39 is 0 Å². The van der Waals surface area contributed by atoms with E-state index in [4.69, 9.17) is 5.26 Å². The van der Waals surface area contributed by atoms with Gasteiger partial charge in [0.2, 0.25) is 0 Å². The summed E-state index contributed by atoms with van der Waals surface area (Å²) in [7, 11) is 0. The standard InChI is InChI=1S/C16H14N2O/c17-10-14-7-4-8-15(9-14)16(19)12-18-11-13-5-2-1-3-6-13/h1-9,18H,11-12H2. The first kappa shape index (κ1) is 13.0. The average Bonchev–Trinajstić information content (AvgIpc) is 2.48. The highest BCUT2D eigenvalue weighted by Crippen LogP contribution is 2.05. The lowest BCUT2D eigenvalue weighted by molar-refractivity contribution is 0.0991. The van der Waals surface area contributed by atoms with E-state index in [1.165, 1.54) is 0 Å². The van der Waals surface area contributed by atoms with Crippen molar-refractivity contribution >= 4 is 5.78 Å². The number of rotatable bonds is 5. The number of ketones is 1. The van der Waals surface area contributed by atoms with Crippen molar-refractivity contribution in [3.05, 3.63) is 71.3 Å². The molecule has 2 aromatic rings. The number of carbonyl (C=O) groups is 1. The molecule has 0 saturated carbocycles. The molecule has 0 bridgehead atoms. The summed E-state index contributed by atoms with van der Waals surface area (Å²) in [6.07, 6.45) is 0. The van der Waals surface area contributed by atoms with Gasteiger partial charge in [0.05, 0.1) is 18.2 Å². The summed E-state index contributed by atoms with van der Waals surface area (Å²) in [5.41, 5.74) is 2.22. The molecule has 0 aliphatic carbocycles. The molecule has 0 radical (unpaired) electrons. The predicted molar refractivity (Wildman–Crippen MR) is 73.6 cm³/mol. The van der Waals surface area contributed by atoms with E-state index in [2.05, 4.69) is 5.32 Å². The van der Waals surface area contributed by atoms with Gasteiger partial charge in [-0.25, -0.2) is 0 Å². The minimum absolute atomic E-state index is 0.00645. The van der Waals surface area contributed by atoms with E-state index in [1.807, 2.05) is 36.4 Å². The summed E-state index contributed by atoms with van der Waals surface area (Å²) in [5.74, 6) is -0.00645. The third-order valence-electron chi connectivity index (χ3n) is 2.77. The number of nitrogens with one attached hydrogen (secondary N) is 1. The van der Waals surface area contributed by atoms with Gasteiger partial charge in [0.1, 0.15) is 0 Å². The zero-order valence-electron chi connectivity index (χ0n) is 10.5. The smallest absolute Gasteiger partial charge is 0.176 e. The van der Waals surface area contributed by atoms with Gasteiger partial charge in [-0.3, -0.25) is 4.79 Å². The van der Waals surface area contributed by atoms with Crippen molar-refractivity contribution in [2.24, 2.45) is 0 Å². The monoisotopic (exact) mass is 250 g/mol. The molecule has 0 aliphatic heterocycles. The Labute approximate surface area is 112 Å². The molecule has 2 aromatic carbocycles. The number of nitriles is 1. The lowest BCUT2D eigenvalue weighted by Crippen LogP contribution is -2.22. The third-order valence-corrected chi connectivity index (χ3v) is 2.77. The van der Waals surface area contributed by atoms with Gasteiger partial charge in [-0.15, -0.1) is 0 Å². The first-order valence-corrected chi connectivity index (χ1v) is 6.07. The fourth-order valence-corrected chi connectivity index (χ4v) is 1.78. The summed E-state index contributed by atoms with van der Waals surface area (Å²) in [6, 6.07) is 18.7. The van der Waals surface area contributed by atoms with E-state index in [1.54, 1.807) is 24.3 Å². The molecule has 0 aliphatic rings. The minimum Gasteiger partial charge on any atom is -0.306 e. The third kappa shape index (κ3) is 3.77. The quantitative estimate of drug-likeness (QED) is 0.830. The van der Waals surface area contributed by atoms with Crippen molar-refractivity contribution in [1.82, 2.24) is 5.32 Å². The summed E-state index contributed by atoms with van der Waals surface area (Å²) in [6.45, 7) is 0.925. The van der Waals surface area contributed by atoms with Gasteiger partial charge >= 0.3 is 0 Å². The van der Waals surface area contributed by atoms with E-state index in [0.717, 1.165) is 5.56 Å². The van der Waals surface area contributed by atoms with Crippen LogP contribution in [-0.4, -0.2) is 12.3 Å². The maximum atomic E-state index is 11.9. The Kier molecular flexibility index (Phi) is 4.44. The molecule has 94 valence electrons. The summed E-state index contributed by atoms with van der Waals surface area (Å²) < 4.78 is 0. The minimum atomic E-state index is -0.00645. The molecule has 0 fully saturated rings. The maximum absolute atomic E-state index is 11.9. The number of hydrogen-bond donors (Lipinski definition) is 1. The van der Waals surface area contributed by atoms with Crippen LogP contribution >= 0.6 is 0 Å². The molecule has 2 rings (SSSR count). The number of hydrogen-bond acceptors (Lipinski definition) is 3. The lowest BCUT2D eigenvalue weighted by Gasteiger charge is -2.04. The number of nitrogens with zero attached hydrogens (tertiary/aromatic N) is 1. The van der Waals surface area contributed by atoms with Crippen molar-refractivity contribution in [3.8, 4) is 6.07 Å². The van der Waals surface area contributed by atoms with E-state index >= 15 is 0 Å². The molecule has 0 atom stereocenters. The van der Waals surface area contributed by atoms with Gasteiger partial charge in [-0.05, 0) is 17.7 Å². The van der Waals surface area contributed by atoms with Crippen molar-refractivity contribution < 1.29 is 4.79 Å². The molecule has 3 nitrogen and oxygen atoms in total. The Morgan fingerprint density at radius 3 is 2.63 bits per heavy atom. The van der Waals surface area contributed by atoms with E-state index in [0.29, 0.717) is 17.7 Å². The SMILES string of the molecule is N#Cc1cccc(C(=O)CNCc2ccccc2)c1.